The van der Waals surface area contributed by atoms with Gasteiger partial charge in [0.05, 0.1) is 12.1 Å². The number of hydrogen-bond donors (Lipinski definition) is 2. The van der Waals surface area contributed by atoms with Crippen molar-refractivity contribution in [3.05, 3.63) is 47.5 Å². The number of thioether (sulfide) groups is 1. The zero-order chi connectivity index (χ0) is 16.8. The standard InChI is InChI=1S/C16H15ClN2O3S/c1-22-14-7-6-11(9-13(14)17)19-16(21)15(20)18-10-4-3-5-12(8-10)23-2/h3-9H,1-2H3,(H,18,20)(H,19,21). The van der Waals surface area contributed by atoms with E-state index in [-0.39, 0.29) is 0 Å². The van der Waals surface area contributed by atoms with E-state index >= 15 is 0 Å². The third kappa shape index (κ3) is 4.64. The van der Waals surface area contributed by atoms with E-state index in [1.165, 1.54) is 13.2 Å². The molecule has 5 nitrogen and oxygen atoms in total. The highest BCUT2D eigenvalue weighted by Crippen LogP contribution is 2.27. The Kier molecular flexibility index (Phi) is 5.90. The smallest absolute Gasteiger partial charge is 0.314 e. The van der Waals surface area contributed by atoms with Crippen molar-refractivity contribution in [1.29, 1.82) is 0 Å². The van der Waals surface area contributed by atoms with Crippen molar-refractivity contribution >= 4 is 46.6 Å². The van der Waals surface area contributed by atoms with Crippen molar-refractivity contribution in [1.82, 2.24) is 0 Å². The molecular weight excluding hydrogens is 336 g/mol. The van der Waals surface area contributed by atoms with E-state index in [4.69, 9.17) is 16.3 Å². The Labute approximate surface area is 143 Å². The maximum atomic E-state index is 11.9. The summed E-state index contributed by atoms with van der Waals surface area (Å²) in [6, 6.07) is 12.0. The normalized spacial score (nSPS) is 10.0. The zero-order valence-corrected chi connectivity index (χ0v) is 14.1. The number of nitrogens with one attached hydrogen (secondary N) is 2. The van der Waals surface area contributed by atoms with E-state index < -0.39 is 11.8 Å². The van der Waals surface area contributed by atoms with Gasteiger partial charge in [-0.1, -0.05) is 17.7 Å². The molecule has 0 atom stereocenters. The van der Waals surface area contributed by atoms with Crippen molar-refractivity contribution in [3.8, 4) is 5.75 Å². The first kappa shape index (κ1) is 17.2. The van der Waals surface area contributed by atoms with Crippen LogP contribution < -0.4 is 15.4 Å². The summed E-state index contributed by atoms with van der Waals surface area (Å²) in [5.74, 6) is -1.04. The number of hydrogen-bond acceptors (Lipinski definition) is 4. The van der Waals surface area contributed by atoms with Crippen LogP contribution in [0.25, 0.3) is 0 Å². The summed E-state index contributed by atoms with van der Waals surface area (Å²) in [7, 11) is 1.50. The topological polar surface area (TPSA) is 67.4 Å². The quantitative estimate of drug-likeness (QED) is 0.652. The predicted octanol–water partition coefficient (Wildman–Crippen LogP) is 3.65. The van der Waals surface area contributed by atoms with Crippen molar-refractivity contribution in [2.45, 2.75) is 4.90 Å². The molecule has 2 aromatic rings. The number of ether oxygens (including phenoxy) is 1. The molecule has 7 heteroatoms. The molecule has 2 rings (SSSR count). The summed E-state index contributed by atoms with van der Waals surface area (Å²) in [5.41, 5.74) is 0.971. The van der Waals surface area contributed by atoms with Crippen LogP contribution in [-0.4, -0.2) is 25.2 Å². The van der Waals surface area contributed by atoms with Gasteiger partial charge in [0.1, 0.15) is 5.75 Å². The van der Waals surface area contributed by atoms with Crippen LogP contribution in [0.3, 0.4) is 0 Å². The maximum Gasteiger partial charge on any atom is 0.314 e. The van der Waals surface area contributed by atoms with Gasteiger partial charge in [0, 0.05) is 16.3 Å². The first-order chi connectivity index (χ1) is 11.0. The van der Waals surface area contributed by atoms with E-state index in [0.29, 0.717) is 22.1 Å². The lowest BCUT2D eigenvalue weighted by atomic mass is 10.3. The van der Waals surface area contributed by atoms with Crippen molar-refractivity contribution in [3.63, 3.8) is 0 Å². The molecular formula is C16H15ClN2O3S. The maximum absolute atomic E-state index is 11.9. The second kappa shape index (κ2) is 7.89. The second-order valence-electron chi connectivity index (χ2n) is 4.49. The summed E-state index contributed by atoms with van der Waals surface area (Å²) < 4.78 is 5.03. The van der Waals surface area contributed by atoms with Crippen LogP contribution >= 0.6 is 23.4 Å². The van der Waals surface area contributed by atoms with Gasteiger partial charge in [-0.05, 0) is 42.7 Å². The van der Waals surface area contributed by atoms with Crippen LogP contribution in [0.15, 0.2) is 47.4 Å². The van der Waals surface area contributed by atoms with Crippen molar-refractivity contribution in [2.75, 3.05) is 24.0 Å². The minimum Gasteiger partial charge on any atom is -0.495 e. The summed E-state index contributed by atoms with van der Waals surface area (Å²) in [5, 5.41) is 5.38. The van der Waals surface area contributed by atoms with Crippen LogP contribution in [0.2, 0.25) is 5.02 Å². The molecule has 23 heavy (non-hydrogen) atoms. The summed E-state index contributed by atoms with van der Waals surface area (Å²) in [6.07, 6.45) is 1.93. The van der Waals surface area contributed by atoms with Gasteiger partial charge in [0.15, 0.2) is 0 Å². The van der Waals surface area contributed by atoms with Gasteiger partial charge >= 0.3 is 11.8 Å². The van der Waals surface area contributed by atoms with E-state index in [1.807, 2.05) is 18.4 Å². The lowest BCUT2D eigenvalue weighted by molar-refractivity contribution is -0.133. The SMILES string of the molecule is COc1ccc(NC(=O)C(=O)Nc2cccc(SC)c2)cc1Cl. The Balaban J connectivity index is 2.02. The molecule has 0 fully saturated rings. The summed E-state index contributed by atoms with van der Waals surface area (Å²) in [4.78, 5) is 24.9. The fourth-order valence-corrected chi connectivity index (χ4v) is 2.54. The fraction of sp³-hybridized carbons (Fsp3) is 0.125. The molecule has 120 valence electrons. The first-order valence-corrected chi connectivity index (χ1v) is 8.23. The molecule has 2 amide bonds. The van der Waals surface area contributed by atoms with E-state index in [2.05, 4.69) is 10.6 Å². The van der Waals surface area contributed by atoms with Crippen molar-refractivity contribution < 1.29 is 14.3 Å². The highest BCUT2D eigenvalue weighted by molar-refractivity contribution is 7.98. The predicted molar refractivity (Wildman–Crippen MR) is 93.5 cm³/mol. The van der Waals surface area contributed by atoms with Crippen molar-refractivity contribution in [2.24, 2.45) is 0 Å². The third-order valence-electron chi connectivity index (χ3n) is 2.94. The molecule has 0 aliphatic heterocycles. The number of benzene rings is 2. The lowest BCUT2D eigenvalue weighted by Crippen LogP contribution is -2.29. The number of carbonyl (C=O) groups is 2. The molecule has 0 unspecified atom stereocenters. The number of anilines is 2. The minimum atomic E-state index is -0.777. The van der Waals surface area contributed by atoms with Gasteiger partial charge in [-0.3, -0.25) is 9.59 Å². The highest BCUT2D eigenvalue weighted by Gasteiger charge is 2.15. The fourth-order valence-electron chi connectivity index (χ4n) is 1.82. The molecule has 0 saturated carbocycles. The second-order valence-corrected chi connectivity index (χ2v) is 5.78. The van der Waals surface area contributed by atoms with Crippen LogP contribution in [0.5, 0.6) is 5.75 Å². The summed E-state index contributed by atoms with van der Waals surface area (Å²) in [6.45, 7) is 0. The Morgan fingerprint density at radius 1 is 1.04 bits per heavy atom. The summed E-state index contributed by atoms with van der Waals surface area (Å²) >= 11 is 7.52. The molecule has 0 aliphatic rings. The number of halogens is 1. The van der Waals surface area contributed by atoms with Gasteiger partial charge in [0.25, 0.3) is 0 Å². The minimum absolute atomic E-state index is 0.346. The van der Waals surface area contributed by atoms with Gasteiger partial charge in [-0.25, -0.2) is 0 Å². The van der Waals surface area contributed by atoms with Crippen LogP contribution in [0.4, 0.5) is 11.4 Å². The largest absolute Gasteiger partial charge is 0.495 e. The Bertz CT molecular complexity index is 737. The molecule has 0 saturated heterocycles. The number of amides is 2. The van der Waals surface area contributed by atoms with Gasteiger partial charge in [-0.15, -0.1) is 11.8 Å². The van der Waals surface area contributed by atoms with Crippen LogP contribution in [0.1, 0.15) is 0 Å². The zero-order valence-electron chi connectivity index (χ0n) is 12.6. The molecule has 0 radical (unpaired) electrons. The van der Waals surface area contributed by atoms with Gasteiger partial charge in [-0.2, -0.15) is 0 Å². The molecule has 0 bridgehead atoms. The average molecular weight is 351 g/mol. The number of carbonyl (C=O) groups excluding carboxylic acids is 2. The lowest BCUT2D eigenvalue weighted by Gasteiger charge is -2.09. The van der Waals surface area contributed by atoms with Gasteiger partial charge < -0.3 is 15.4 Å². The molecule has 2 N–H and O–H groups in total. The Morgan fingerprint density at radius 2 is 1.70 bits per heavy atom. The Morgan fingerprint density at radius 3 is 2.26 bits per heavy atom. The van der Waals surface area contributed by atoms with E-state index in [9.17, 15) is 9.59 Å². The Hall–Kier alpha value is -2.18. The highest BCUT2D eigenvalue weighted by atomic mass is 35.5. The van der Waals surface area contributed by atoms with Gasteiger partial charge in [0.2, 0.25) is 0 Å². The van der Waals surface area contributed by atoms with E-state index in [0.717, 1.165) is 4.90 Å². The number of methoxy groups -OCH3 is 1. The molecule has 0 aromatic heterocycles. The molecule has 0 aliphatic carbocycles. The number of rotatable bonds is 4. The monoisotopic (exact) mass is 350 g/mol. The third-order valence-corrected chi connectivity index (χ3v) is 3.96. The molecule has 0 spiro atoms. The molecule has 0 heterocycles. The van der Waals surface area contributed by atoms with E-state index in [1.54, 1.807) is 36.0 Å². The first-order valence-electron chi connectivity index (χ1n) is 6.63. The van der Waals surface area contributed by atoms with Crippen LogP contribution in [0, 0.1) is 0 Å². The van der Waals surface area contributed by atoms with Crippen LogP contribution in [-0.2, 0) is 9.59 Å². The molecule has 2 aromatic carbocycles. The average Bonchev–Trinajstić information content (AvgIpc) is 2.55.